The van der Waals surface area contributed by atoms with Gasteiger partial charge in [0, 0.05) is 25.8 Å². The van der Waals surface area contributed by atoms with Crippen LogP contribution < -0.4 is 5.32 Å². The standard InChI is InChI=1S/C22H24F3N3O2/c1-15-5-7-16(8-6-15)14-27(2)20(29)19-4-3-13-28(19)21(30)26-18-11-9-17(10-12-18)22(23,24)25/h5-12,19H,3-4,13-14H2,1-2H3,(H,26,30)/t19-/m1/s1. The lowest BCUT2D eigenvalue weighted by Gasteiger charge is -2.28. The summed E-state index contributed by atoms with van der Waals surface area (Å²) in [5.74, 6) is -0.157. The minimum Gasteiger partial charge on any atom is -0.340 e. The normalized spacial score (nSPS) is 16.4. The van der Waals surface area contributed by atoms with Crippen molar-refractivity contribution in [2.45, 2.75) is 38.5 Å². The summed E-state index contributed by atoms with van der Waals surface area (Å²) in [6.07, 6.45) is -3.19. The summed E-state index contributed by atoms with van der Waals surface area (Å²) in [7, 11) is 1.70. The molecular weight excluding hydrogens is 395 g/mol. The van der Waals surface area contributed by atoms with Crippen molar-refractivity contribution in [3.8, 4) is 0 Å². The summed E-state index contributed by atoms with van der Waals surface area (Å²) in [5, 5.41) is 2.59. The Labute approximate surface area is 173 Å². The predicted molar refractivity (Wildman–Crippen MR) is 108 cm³/mol. The van der Waals surface area contributed by atoms with E-state index in [0.717, 1.165) is 23.3 Å². The van der Waals surface area contributed by atoms with Gasteiger partial charge in [-0.1, -0.05) is 29.8 Å². The van der Waals surface area contributed by atoms with Gasteiger partial charge >= 0.3 is 12.2 Å². The maximum Gasteiger partial charge on any atom is 0.416 e. The number of amides is 3. The lowest BCUT2D eigenvalue weighted by Crippen LogP contribution is -2.47. The van der Waals surface area contributed by atoms with E-state index in [1.54, 1.807) is 11.9 Å². The molecule has 1 aliphatic rings. The van der Waals surface area contributed by atoms with Gasteiger partial charge in [-0.15, -0.1) is 0 Å². The molecule has 1 N–H and O–H groups in total. The molecule has 3 rings (SSSR count). The van der Waals surface area contributed by atoms with E-state index in [-0.39, 0.29) is 11.6 Å². The van der Waals surface area contributed by atoms with Crippen LogP contribution >= 0.6 is 0 Å². The number of hydrogen-bond acceptors (Lipinski definition) is 2. The number of aryl methyl sites for hydroxylation is 1. The number of carbonyl (C=O) groups is 2. The minimum atomic E-state index is -4.43. The zero-order chi connectivity index (χ0) is 21.9. The zero-order valence-corrected chi connectivity index (χ0v) is 16.9. The number of alkyl halides is 3. The molecule has 0 unspecified atom stereocenters. The Morgan fingerprint density at radius 3 is 2.33 bits per heavy atom. The van der Waals surface area contributed by atoms with Crippen LogP contribution in [-0.4, -0.2) is 41.4 Å². The van der Waals surface area contributed by atoms with Gasteiger partial charge in [-0.3, -0.25) is 4.79 Å². The molecule has 0 spiro atoms. The molecule has 0 bridgehead atoms. The molecule has 0 aliphatic carbocycles. The van der Waals surface area contributed by atoms with Crippen molar-refractivity contribution in [3.05, 3.63) is 65.2 Å². The van der Waals surface area contributed by atoms with E-state index in [0.29, 0.717) is 25.9 Å². The summed E-state index contributed by atoms with van der Waals surface area (Å²) >= 11 is 0. The number of likely N-dealkylation sites (tertiary alicyclic amines) is 1. The van der Waals surface area contributed by atoms with Gasteiger partial charge in [-0.25, -0.2) is 4.79 Å². The Morgan fingerprint density at radius 1 is 1.10 bits per heavy atom. The maximum atomic E-state index is 12.9. The molecule has 1 atom stereocenters. The SMILES string of the molecule is Cc1ccc(CN(C)C(=O)[C@H]2CCCN2C(=O)Nc2ccc(C(F)(F)F)cc2)cc1. The highest BCUT2D eigenvalue weighted by atomic mass is 19.4. The summed E-state index contributed by atoms with van der Waals surface area (Å²) in [6.45, 7) is 2.84. The number of likely N-dealkylation sites (N-methyl/N-ethyl adjacent to an activating group) is 1. The van der Waals surface area contributed by atoms with Crippen LogP contribution in [0.2, 0.25) is 0 Å². The average molecular weight is 419 g/mol. The fraction of sp³-hybridized carbons (Fsp3) is 0.364. The van der Waals surface area contributed by atoms with Crippen LogP contribution in [0.3, 0.4) is 0 Å². The minimum absolute atomic E-state index is 0.157. The van der Waals surface area contributed by atoms with E-state index < -0.39 is 23.8 Å². The van der Waals surface area contributed by atoms with Gasteiger partial charge < -0.3 is 15.1 Å². The molecule has 3 amide bonds. The molecule has 8 heteroatoms. The van der Waals surface area contributed by atoms with Crippen molar-refractivity contribution in [1.82, 2.24) is 9.80 Å². The first kappa shape index (κ1) is 21.7. The topological polar surface area (TPSA) is 52.7 Å². The summed E-state index contributed by atoms with van der Waals surface area (Å²) in [5.41, 5.74) is 1.59. The van der Waals surface area contributed by atoms with E-state index in [1.165, 1.54) is 17.0 Å². The smallest absolute Gasteiger partial charge is 0.340 e. The summed E-state index contributed by atoms with van der Waals surface area (Å²) in [4.78, 5) is 28.6. The molecule has 1 saturated heterocycles. The van der Waals surface area contributed by atoms with Gasteiger partial charge in [0.05, 0.1) is 5.56 Å². The van der Waals surface area contributed by atoms with Crippen molar-refractivity contribution in [2.75, 3.05) is 18.9 Å². The Morgan fingerprint density at radius 2 is 1.73 bits per heavy atom. The second-order valence-electron chi connectivity index (χ2n) is 7.54. The van der Waals surface area contributed by atoms with Crippen LogP contribution in [0.15, 0.2) is 48.5 Å². The number of nitrogens with one attached hydrogen (secondary N) is 1. The monoisotopic (exact) mass is 419 g/mol. The van der Waals surface area contributed by atoms with E-state index in [2.05, 4.69) is 5.32 Å². The fourth-order valence-electron chi connectivity index (χ4n) is 3.50. The molecule has 1 heterocycles. The third-order valence-corrected chi connectivity index (χ3v) is 5.18. The number of hydrogen-bond donors (Lipinski definition) is 1. The van der Waals surface area contributed by atoms with Gasteiger partial charge in [-0.2, -0.15) is 13.2 Å². The average Bonchev–Trinajstić information content (AvgIpc) is 3.19. The number of anilines is 1. The molecular formula is C22H24F3N3O2. The van der Waals surface area contributed by atoms with Crippen molar-refractivity contribution in [3.63, 3.8) is 0 Å². The highest BCUT2D eigenvalue weighted by Gasteiger charge is 2.36. The first-order chi connectivity index (χ1) is 14.1. The largest absolute Gasteiger partial charge is 0.416 e. The van der Waals surface area contributed by atoms with Crippen molar-refractivity contribution in [1.29, 1.82) is 0 Å². The van der Waals surface area contributed by atoms with Gasteiger partial charge in [0.25, 0.3) is 0 Å². The van der Waals surface area contributed by atoms with Gasteiger partial charge in [-0.05, 0) is 49.6 Å². The van der Waals surface area contributed by atoms with Gasteiger partial charge in [0.2, 0.25) is 5.91 Å². The number of nitrogens with zero attached hydrogens (tertiary/aromatic N) is 2. The van der Waals surface area contributed by atoms with E-state index in [9.17, 15) is 22.8 Å². The molecule has 0 saturated carbocycles. The number of rotatable bonds is 4. The van der Waals surface area contributed by atoms with E-state index >= 15 is 0 Å². The van der Waals surface area contributed by atoms with Crippen LogP contribution in [0.5, 0.6) is 0 Å². The lowest BCUT2D eigenvalue weighted by molar-refractivity contribution is -0.137. The molecule has 5 nitrogen and oxygen atoms in total. The maximum absolute atomic E-state index is 12.9. The van der Waals surface area contributed by atoms with E-state index in [1.807, 2.05) is 31.2 Å². The first-order valence-corrected chi connectivity index (χ1v) is 9.70. The molecule has 2 aromatic rings. The third kappa shape index (κ3) is 5.11. The second kappa shape index (κ2) is 8.77. The van der Waals surface area contributed by atoms with Crippen LogP contribution in [-0.2, 0) is 17.5 Å². The second-order valence-corrected chi connectivity index (χ2v) is 7.54. The molecule has 1 aliphatic heterocycles. The predicted octanol–water partition coefficient (Wildman–Crippen LogP) is 4.67. The highest BCUT2D eigenvalue weighted by molar-refractivity contribution is 5.94. The number of urea groups is 1. The third-order valence-electron chi connectivity index (χ3n) is 5.18. The van der Waals surface area contributed by atoms with Crippen LogP contribution in [0.4, 0.5) is 23.7 Å². The van der Waals surface area contributed by atoms with Crippen LogP contribution in [0.25, 0.3) is 0 Å². The highest BCUT2D eigenvalue weighted by Crippen LogP contribution is 2.30. The number of benzene rings is 2. The quantitative estimate of drug-likeness (QED) is 0.783. The number of halogens is 3. The van der Waals surface area contributed by atoms with Crippen LogP contribution in [0.1, 0.15) is 29.5 Å². The molecule has 30 heavy (non-hydrogen) atoms. The molecule has 2 aromatic carbocycles. The Balaban J connectivity index is 1.63. The van der Waals surface area contributed by atoms with Crippen molar-refractivity contribution >= 4 is 17.6 Å². The van der Waals surface area contributed by atoms with Gasteiger partial charge in [0.1, 0.15) is 6.04 Å². The Hall–Kier alpha value is -3.03. The Bertz CT molecular complexity index is 895. The fourth-order valence-corrected chi connectivity index (χ4v) is 3.50. The summed E-state index contributed by atoms with van der Waals surface area (Å²) in [6, 6.07) is 11.0. The van der Waals surface area contributed by atoms with Crippen LogP contribution in [0, 0.1) is 6.92 Å². The van der Waals surface area contributed by atoms with Crippen molar-refractivity contribution < 1.29 is 22.8 Å². The zero-order valence-electron chi connectivity index (χ0n) is 16.9. The molecule has 160 valence electrons. The van der Waals surface area contributed by atoms with E-state index in [4.69, 9.17) is 0 Å². The first-order valence-electron chi connectivity index (χ1n) is 9.70. The lowest BCUT2D eigenvalue weighted by atomic mass is 10.1. The molecule has 1 fully saturated rings. The Kier molecular flexibility index (Phi) is 6.34. The molecule has 0 radical (unpaired) electrons. The summed E-state index contributed by atoms with van der Waals surface area (Å²) < 4.78 is 38.0. The van der Waals surface area contributed by atoms with Gasteiger partial charge in [0.15, 0.2) is 0 Å². The number of carbonyl (C=O) groups excluding carboxylic acids is 2. The molecule has 0 aromatic heterocycles. The van der Waals surface area contributed by atoms with Crippen molar-refractivity contribution in [2.24, 2.45) is 0 Å².